The summed E-state index contributed by atoms with van der Waals surface area (Å²) in [6, 6.07) is 4.77. The zero-order valence-corrected chi connectivity index (χ0v) is 11.1. The summed E-state index contributed by atoms with van der Waals surface area (Å²) in [6.07, 6.45) is 0. The lowest BCUT2D eigenvalue weighted by atomic mass is 10.1. The quantitative estimate of drug-likeness (QED) is 0.726. The second-order valence-electron chi connectivity index (χ2n) is 4.69. The van der Waals surface area contributed by atoms with Crippen molar-refractivity contribution < 1.29 is 13.9 Å². The molecular weight excluding hydrogens is 233 g/mol. The van der Waals surface area contributed by atoms with Crippen LogP contribution in [-0.4, -0.2) is 19.8 Å². The van der Waals surface area contributed by atoms with Crippen LogP contribution in [-0.2, 0) is 22.6 Å². The molecule has 1 aromatic carbocycles. The standard InChI is InChI=1S/C14H22FNO2/c1-11(2)9-17-3-4-18-10-13-5-12(8-16)6-14(15)7-13/h5-7,11H,3-4,8-10,16H2,1-2H3. The van der Waals surface area contributed by atoms with Gasteiger partial charge >= 0.3 is 0 Å². The Balaban J connectivity index is 2.24. The largest absolute Gasteiger partial charge is 0.379 e. The van der Waals surface area contributed by atoms with Crippen LogP contribution in [0, 0.1) is 11.7 Å². The van der Waals surface area contributed by atoms with Gasteiger partial charge in [-0.15, -0.1) is 0 Å². The molecule has 0 saturated heterocycles. The maximum absolute atomic E-state index is 13.2. The van der Waals surface area contributed by atoms with Crippen molar-refractivity contribution in [3.63, 3.8) is 0 Å². The van der Waals surface area contributed by atoms with Gasteiger partial charge in [0.1, 0.15) is 5.82 Å². The van der Waals surface area contributed by atoms with E-state index in [0.717, 1.165) is 17.7 Å². The Morgan fingerprint density at radius 2 is 1.78 bits per heavy atom. The summed E-state index contributed by atoms with van der Waals surface area (Å²) in [7, 11) is 0. The maximum atomic E-state index is 13.2. The lowest BCUT2D eigenvalue weighted by Gasteiger charge is -2.08. The van der Waals surface area contributed by atoms with E-state index in [1.54, 1.807) is 0 Å². The molecule has 3 nitrogen and oxygen atoms in total. The molecular formula is C14H22FNO2. The third kappa shape index (κ3) is 6.10. The van der Waals surface area contributed by atoms with E-state index >= 15 is 0 Å². The van der Waals surface area contributed by atoms with Crippen LogP contribution in [0.2, 0.25) is 0 Å². The molecule has 1 rings (SSSR count). The Labute approximate surface area is 108 Å². The molecule has 0 bridgehead atoms. The molecule has 0 saturated carbocycles. The second kappa shape index (κ2) is 8.19. The minimum Gasteiger partial charge on any atom is -0.379 e. The first-order valence-corrected chi connectivity index (χ1v) is 6.25. The van der Waals surface area contributed by atoms with E-state index in [2.05, 4.69) is 13.8 Å². The average Bonchev–Trinajstić information content (AvgIpc) is 2.32. The predicted octanol–water partition coefficient (Wildman–Crippen LogP) is 2.47. The lowest BCUT2D eigenvalue weighted by molar-refractivity contribution is 0.0314. The smallest absolute Gasteiger partial charge is 0.123 e. The molecule has 0 aliphatic carbocycles. The van der Waals surface area contributed by atoms with Gasteiger partial charge in [0.05, 0.1) is 19.8 Å². The van der Waals surface area contributed by atoms with Crippen molar-refractivity contribution >= 4 is 0 Å². The van der Waals surface area contributed by atoms with Crippen molar-refractivity contribution in [2.45, 2.75) is 27.0 Å². The van der Waals surface area contributed by atoms with Crippen LogP contribution in [0.5, 0.6) is 0 Å². The fraction of sp³-hybridized carbons (Fsp3) is 0.571. The third-order valence-electron chi connectivity index (χ3n) is 2.34. The lowest BCUT2D eigenvalue weighted by Crippen LogP contribution is -2.08. The van der Waals surface area contributed by atoms with Crippen LogP contribution in [0.1, 0.15) is 25.0 Å². The van der Waals surface area contributed by atoms with E-state index in [9.17, 15) is 4.39 Å². The molecule has 0 fully saturated rings. The van der Waals surface area contributed by atoms with Gasteiger partial charge < -0.3 is 15.2 Å². The predicted molar refractivity (Wildman–Crippen MR) is 69.6 cm³/mol. The fourth-order valence-corrected chi connectivity index (χ4v) is 1.55. The first kappa shape index (κ1) is 15.1. The van der Waals surface area contributed by atoms with Crippen molar-refractivity contribution in [3.8, 4) is 0 Å². The molecule has 18 heavy (non-hydrogen) atoms. The number of halogens is 1. The van der Waals surface area contributed by atoms with Crippen LogP contribution in [0.3, 0.4) is 0 Å². The second-order valence-corrected chi connectivity index (χ2v) is 4.69. The van der Waals surface area contributed by atoms with Crippen LogP contribution < -0.4 is 5.73 Å². The minimum atomic E-state index is -0.271. The minimum absolute atomic E-state index is 0.271. The van der Waals surface area contributed by atoms with Gasteiger partial charge in [-0.3, -0.25) is 0 Å². The maximum Gasteiger partial charge on any atom is 0.123 e. The van der Waals surface area contributed by atoms with Gasteiger partial charge in [0.2, 0.25) is 0 Å². The van der Waals surface area contributed by atoms with Crippen molar-refractivity contribution in [3.05, 3.63) is 35.1 Å². The van der Waals surface area contributed by atoms with E-state index in [0.29, 0.717) is 32.3 Å². The van der Waals surface area contributed by atoms with Crippen molar-refractivity contribution in [2.24, 2.45) is 11.7 Å². The molecule has 2 N–H and O–H groups in total. The van der Waals surface area contributed by atoms with Crippen LogP contribution in [0.25, 0.3) is 0 Å². The normalized spacial score (nSPS) is 11.2. The highest BCUT2D eigenvalue weighted by molar-refractivity contribution is 5.24. The van der Waals surface area contributed by atoms with Crippen LogP contribution >= 0.6 is 0 Å². The van der Waals surface area contributed by atoms with Crippen molar-refractivity contribution in [1.29, 1.82) is 0 Å². The van der Waals surface area contributed by atoms with Crippen LogP contribution in [0.15, 0.2) is 18.2 Å². The number of hydrogen-bond donors (Lipinski definition) is 1. The number of benzene rings is 1. The molecule has 0 amide bonds. The highest BCUT2D eigenvalue weighted by Crippen LogP contribution is 2.10. The number of rotatable bonds is 8. The molecule has 102 valence electrons. The summed E-state index contributed by atoms with van der Waals surface area (Å²) in [5, 5.41) is 0. The molecule has 0 spiro atoms. The van der Waals surface area contributed by atoms with Crippen LogP contribution in [0.4, 0.5) is 4.39 Å². The first-order chi connectivity index (χ1) is 8.61. The van der Waals surface area contributed by atoms with Gasteiger partial charge in [0, 0.05) is 13.2 Å². The molecule has 0 heterocycles. The highest BCUT2D eigenvalue weighted by atomic mass is 19.1. The van der Waals surface area contributed by atoms with E-state index in [4.69, 9.17) is 15.2 Å². The SMILES string of the molecule is CC(C)COCCOCc1cc(F)cc(CN)c1. The monoisotopic (exact) mass is 255 g/mol. The topological polar surface area (TPSA) is 44.5 Å². The first-order valence-electron chi connectivity index (χ1n) is 6.25. The molecule has 4 heteroatoms. The Kier molecular flexibility index (Phi) is 6.86. The molecule has 0 unspecified atom stereocenters. The zero-order valence-electron chi connectivity index (χ0n) is 11.1. The van der Waals surface area contributed by atoms with Gasteiger partial charge in [-0.2, -0.15) is 0 Å². The van der Waals surface area contributed by atoms with Crippen molar-refractivity contribution in [1.82, 2.24) is 0 Å². The van der Waals surface area contributed by atoms with E-state index < -0.39 is 0 Å². The Morgan fingerprint density at radius 1 is 1.11 bits per heavy atom. The van der Waals surface area contributed by atoms with E-state index in [-0.39, 0.29) is 5.82 Å². The van der Waals surface area contributed by atoms with Crippen molar-refractivity contribution in [2.75, 3.05) is 19.8 Å². The summed E-state index contributed by atoms with van der Waals surface area (Å²) in [5.74, 6) is 0.257. The number of ether oxygens (including phenoxy) is 2. The average molecular weight is 255 g/mol. The molecule has 0 aliphatic heterocycles. The van der Waals surface area contributed by atoms with E-state index in [1.807, 2.05) is 6.07 Å². The summed E-state index contributed by atoms with van der Waals surface area (Å²) in [6.45, 7) is 6.74. The fourth-order valence-electron chi connectivity index (χ4n) is 1.55. The summed E-state index contributed by atoms with van der Waals surface area (Å²) in [5.41, 5.74) is 7.07. The Morgan fingerprint density at radius 3 is 2.44 bits per heavy atom. The Bertz CT molecular complexity index is 356. The van der Waals surface area contributed by atoms with E-state index in [1.165, 1.54) is 12.1 Å². The van der Waals surface area contributed by atoms with Gasteiger partial charge in [0.15, 0.2) is 0 Å². The third-order valence-corrected chi connectivity index (χ3v) is 2.34. The molecule has 0 aliphatic rings. The van der Waals surface area contributed by atoms with Gasteiger partial charge in [-0.05, 0) is 29.2 Å². The van der Waals surface area contributed by atoms with Gasteiger partial charge in [-0.25, -0.2) is 4.39 Å². The number of nitrogens with two attached hydrogens (primary N) is 1. The number of hydrogen-bond acceptors (Lipinski definition) is 3. The summed E-state index contributed by atoms with van der Waals surface area (Å²) >= 11 is 0. The molecule has 0 aromatic heterocycles. The summed E-state index contributed by atoms with van der Waals surface area (Å²) < 4.78 is 24.0. The molecule has 0 radical (unpaired) electrons. The summed E-state index contributed by atoms with van der Waals surface area (Å²) in [4.78, 5) is 0. The molecule has 1 aromatic rings. The molecule has 0 atom stereocenters. The van der Waals surface area contributed by atoms with Gasteiger partial charge in [-0.1, -0.05) is 19.9 Å². The highest BCUT2D eigenvalue weighted by Gasteiger charge is 2.00. The van der Waals surface area contributed by atoms with Gasteiger partial charge in [0.25, 0.3) is 0 Å². The zero-order chi connectivity index (χ0) is 13.4. The Hall–Kier alpha value is -0.970.